The maximum atomic E-state index is 13.8. The molecule has 0 bridgehead atoms. The van der Waals surface area contributed by atoms with Gasteiger partial charge in [0.05, 0.1) is 41.7 Å². The van der Waals surface area contributed by atoms with Crippen molar-refractivity contribution in [1.82, 2.24) is 4.57 Å². The first-order valence-corrected chi connectivity index (χ1v) is 12.8. The molecular formula is C25H22BrClN2O6S. The average Bonchev–Trinajstić information content (AvgIpc) is 3.15. The van der Waals surface area contributed by atoms with Crippen molar-refractivity contribution < 1.29 is 24.1 Å². The number of carbonyl (C=O) groups is 1. The molecule has 1 aromatic heterocycles. The molecule has 4 rings (SSSR count). The zero-order chi connectivity index (χ0) is 26.1. The Balaban J connectivity index is 2.04. The van der Waals surface area contributed by atoms with Crippen molar-refractivity contribution in [3.8, 4) is 17.2 Å². The van der Waals surface area contributed by atoms with Gasteiger partial charge in [-0.1, -0.05) is 38.9 Å². The molecule has 1 aliphatic rings. The zero-order valence-electron chi connectivity index (χ0n) is 19.8. The molecule has 2 aromatic carbocycles. The zero-order valence-corrected chi connectivity index (χ0v) is 23.0. The third-order valence-corrected chi connectivity index (χ3v) is 7.32. The lowest BCUT2D eigenvalue weighted by molar-refractivity contribution is -0.139. The topological polar surface area (TPSA) is 99.4 Å². The van der Waals surface area contributed by atoms with E-state index in [0.717, 1.165) is 11.3 Å². The summed E-state index contributed by atoms with van der Waals surface area (Å²) in [5.74, 6) is 0.252. The molecule has 0 spiro atoms. The Kier molecular flexibility index (Phi) is 7.58. The molecule has 8 nitrogen and oxygen atoms in total. The summed E-state index contributed by atoms with van der Waals surface area (Å²) in [4.78, 5) is 31.8. The standard InChI is InChI=1S/C25H22BrClN2O6S/c1-5-35-24(32)20-12(2)28-25-29(21(20)16-11-15(33-3)6-7-18(16)34-4)23(31)19(36-25)9-13-8-14(26)10-17(27)22(13)30/h6-11,21,30H,5H2,1-4H3/b19-9-/t21-/m1/s1. The summed E-state index contributed by atoms with van der Waals surface area (Å²) < 4.78 is 18.7. The van der Waals surface area contributed by atoms with E-state index in [1.54, 1.807) is 50.3 Å². The van der Waals surface area contributed by atoms with Crippen molar-refractivity contribution in [2.45, 2.75) is 19.9 Å². The van der Waals surface area contributed by atoms with Crippen LogP contribution in [0.25, 0.3) is 6.08 Å². The minimum atomic E-state index is -0.882. The van der Waals surface area contributed by atoms with Gasteiger partial charge in [0.2, 0.25) is 0 Å². The number of nitrogens with zero attached hydrogens (tertiary/aromatic N) is 2. The van der Waals surface area contributed by atoms with E-state index in [2.05, 4.69) is 20.9 Å². The monoisotopic (exact) mass is 592 g/mol. The predicted octanol–water partition coefficient (Wildman–Crippen LogP) is 3.94. The quantitative estimate of drug-likeness (QED) is 0.435. The number of thiazole rings is 1. The summed E-state index contributed by atoms with van der Waals surface area (Å²) in [5.41, 5.74) is 1.13. The van der Waals surface area contributed by atoms with Gasteiger partial charge in [-0.15, -0.1) is 0 Å². The second-order valence-electron chi connectivity index (χ2n) is 7.74. The number of esters is 1. The fourth-order valence-electron chi connectivity index (χ4n) is 3.98. The van der Waals surface area contributed by atoms with Gasteiger partial charge in [0.25, 0.3) is 5.56 Å². The highest BCUT2D eigenvalue weighted by Gasteiger charge is 2.35. The van der Waals surface area contributed by atoms with Crippen LogP contribution in [0.15, 0.2) is 55.9 Å². The number of allylic oxidation sites excluding steroid dienone is 1. The molecule has 1 N–H and O–H groups in total. The average molecular weight is 594 g/mol. The second kappa shape index (κ2) is 10.5. The lowest BCUT2D eigenvalue weighted by Crippen LogP contribution is -2.40. The van der Waals surface area contributed by atoms with Crippen LogP contribution in [0.3, 0.4) is 0 Å². The fourth-order valence-corrected chi connectivity index (χ4v) is 5.85. The van der Waals surface area contributed by atoms with Crippen LogP contribution >= 0.6 is 38.9 Å². The lowest BCUT2D eigenvalue weighted by Gasteiger charge is -2.26. The summed E-state index contributed by atoms with van der Waals surface area (Å²) in [5, 5.41) is 10.6. The molecule has 36 heavy (non-hydrogen) atoms. The number of halogens is 2. The van der Waals surface area contributed by atoms with Gasteiger partial charge in [-0.05, 0) is 50.3 Å². The van der Waals surface area contributed by atoms with Crippen molar-refractivity contribution in [3.63, 3.8) is 0 Å². The molecule has 0 fully saturated rings. The summed E-state index contributed by atoms with van der Waals surface area (Å²) in [6, 6.07) is 7.48. The molecular weight excluding hydrogens is 572 g/mol. The first-order valence-electron chi connectivity index (χ1n) is 10.8. The number of methoxy groups -OCH3 is 2. The lowest BCUT2D eigenvalue weighted by atomic mass is 9.94. The molecule has 11 heteroatoms. The molecule has 0 amide bonds. The van der Waals surface area contributed by atoms with E-state index < -0.39 is 17.6 Å². The van der Waals surface area contributed by atoms with Crippen LogP contribution in [0.1, 0.15) is 31.0 Å². The molecule has 3 aromatic rings. The van der Waals surface area contributed by atoms with Crippen LogP contribution in [0.2, 0.25) is 5.02 Å². The van der Waals surface area contributed by atoms with E-state index in [0.29, 0.717) is 42.1 Å². The van der Waals surface area contributed by atoms with Crippen molar-refractivity contribution in [2.24, 2.45) is 4.99 Å². The number of carbonyl (C=O) groups excluding carboxylic acids is 1. The number of benzene rings is 2. The Morgan fingerprint density at radius 2 is 2.03 bits per heavy atom. The molecule has 0 saturated heterocycles. The van der Waals surface area contributed by atoms with Crippen LogP contribution in [0.4, 0.5) is 0 Å². The van der Waals surface area contributed by atoms with Gasteiger partial charge in [-0.3, -0.25) is 9.36 Å². The number of phenols is 1. The molecule has 0 radical (unpaired) electrons. The highest BCUT2D eigenvalue weighted by atomic mass is 79.9. The Morgan fingerprint density at radius 3 is 2.69 bits per heavy atom. The molecule has 2 heterocycles. The number of rotatable bonds is 6. The molecule has 0 aliphatic carbocycles. The van der Waals surface area contributed by atoms with Crippen molar-refractivity contribution in [1.29, 1.82) is 0 Å². The van der Waals surface area contributed by atoms with Gasteiger partial charge in [-0.2, -0.15) is 0 Å². The van der Waals surface area contributed by atoms with Crippen LogP contribution in [-0.4, -0.2) is 36.5 Å². The van der Waals surface area contributed by atoms with Gasteiger partial charge in [0.15, 0.2) is 4.80 Å². The number of ether oxygens (including phenoxy) is 3. The van der Waals surface area contributed by atoms with E-state index >= 15 is 0 Å². The van der Waals surface area contributed by atoms with Crippen LogP contribution < -0.4 is 24.4 Å². The number of phenolic OH excluding ortho intramolecular Hbond substituents is 1. The SMILES string of the molecule is CCOC(=O)C1=C(C)N=c2s/c(=C\c3cc(Br)cc(Cl)c3O)c(=O)n2[C@@H]1c1cc(OC)ccc1OC. The Bertz CT molecular complexity index is 1580. The van der Waals surface area contributed by atoms with E-state index in [4.69, 9.17) is 25.8 Å². The van der Waals surface area contributed by atoms with Crippen LogP contribution in [-0.2, 0) is 9.53 Å². The number of hydrogen-bond acceptors (Lipinski definition) is 8. The summed E-state index contributed by atoms with van der Waals surface area (Å²) in [7, 11) is 3.04. The highest BCUT2D eigenvalue weighted by Crippen LogP contribution is 2.38. The van der Waals surface area contributed by atoms with Crippen molar-refractivity contribution in [2.75, 3.05) is 20.8 Å². The fraction of sp³-hybridized carbons (Fsp3) is 0.240. The summed E-state index contributed by atoms with van der Waals surface area (Å²) >= 11 is 10.6. The molecule has 0 saturated carbocycles. The predicted molar refractivity (Wildman–Crippen MR) is 141 cm³/mol. The van der Waals surface area contributed by atoms with Gasteiger partial charge in [-0.25, -0.2) is 9.79 Å². The Hall–Kier alpha value is -3.08. The second-order valence-corrected chi connectivity index (χ2v) is 10.1. The van der Waals surface area contributed by atoms with Gasteiger partial charge < -0.3 is 19.3 Å². The first kappa shape index (κ1) is 26.0. The summed E-state index contributed by atoms with van der Waals surface area (Å²) in [6.07, 6.45) is 1.54. The normalized spacial score (nSPS) is 15.4. The smallest absolute Gasteiger partial charge is 0.338 e. The van der Waals surface area contributed by atoms with Crippen molar-refractivity contribution >= 4 is 50.9 Å². The number of hydrogen-bond donors (Lipinski definition) is 1. The Labute approximate surface area is 223 Å². The van der Waals surface area contributed by atoms with Gasteiger partial charge >= 0.3 is 5.97 Å². The van der Waals surface area contributed by atoms with E-state index in [9.17, 15) is 14.7 Å². The van der Waals surface area contributed by atoms with E-state index in [1.807, 2.05) is 0 Å². The van der Waals surface area contributed by atoms with E-state index in [-0.39, 0.29) is 23.0 Å². The maximum absolute atomic E-state index is 13.8. The van der Waals surface area contributed by atoms with Gasteiger partial charge in [0, 0.05) is 15.6 Å². The molecule has 0 unspecified atom stereocenters. The Morgan fingerprint density at radius 1 is 1.28 bits per heavy atom. The van der Waals surface area contributed by atoms with E-state index in [1.165, 1.54) is 18.8 Å². The van der Waals surface area contributed by atoms with Crippen molar-refractivity contribution in [3.05, 3.63) is 81.9 Å². The largest absolute Gasteiger partial charge is 0.506 e. The number of aromatic nitrogens is 1. The molecule has 188 valence electrons. The molecule has 1 atom stereocenters. The minimum absolute atomic E-state index is 0.142. The highest BCUT2D eigenvalue weighted by molar-refractivity contribution is 9.10. The minimum Gasteiger partial charge on any atom is -0.506 e. The number of fused-ring (bicyclic) bond motifs is 1. The summed E-state index contributed by atoms with van der Waals surface area (Å²) in [6.45, 7) is 3.56. The molecule has 1 aliphatic heterocycles. The maximum Gasteiger partial charge on any atom is 0.338 e. The van der Waals surface area contributed by atoms with Gasteiger partial charge in [0.1, 0.15) is 23.3 Å². The van der Waals surface area contributed by atoms with Crippen LogP contribution in [0, 0.1) is 0 Å². The van der Waals surface area contributed by atoms with Crippen LogP contribution in [0.5, 0.6) is 17.2 Å². The first-order chi connectivity index (χ1) is 17.2. The third kappa shape index (κ3) is 4.68. The third-order valence-electron chi connectivity index (χ3n) is 5.59. The number of aromatic hydroxyl groups is 1.